The van der Waals surface area contributed by atoms with Crippen LogP contribution in [0.1, 0.15) is 25.3 Å². The standard InChI is InChI=1S/C14H18N2O3/c1-2-16(12-6-7-12)14(19)15-11-5-3-4-10(8-11)9-13(17)18/h3-5,8,12H,2,6-7,9H2,1H3,(H,15,19)(H,17,18). The van der Waals surface area contributed by atoms with E-state index in [0.717, 1.165) is 12.8 Å². The lowest BCUT2D eigenvalue weighted by Crippen LogP contribution is -2.36. The number of carbonyl (C=O) groups is 2. The van der Waals surface area contributed by atoms with E-state index in [9.17, 15) is 9.59 Å². The number of rotatable bonds is 5. The number of anilines is 1. The molecule has 0 bridgehead atoms. The minimum atomic E-state index is -0.878. The maximum atomic E-state index is 12.1. The first kappa shape index (κ1) is 13.4. The number of carboxylic acids is 1. The Kier molecular flexibility index (Phi) is 4.04. The lowest BCUT2D eigenvalue weighted by Gasteiger charge is -2.21. The van der Waals surface area contributed by atoms with Crippen molar-refractivity contribution >= 4 is 17.7 Å². The van der Waals surface area contributed by atoms with Gasteiger partial charge < -0.3 is 15.3 Å². The van der Waals surface area contributed by atoms with Crippen LogP contribution < -0.4 is 5.32 Å². The highest BCUT2D eigenvalue weighted by Gasteiger charge is 2.31. The fourth-order valence-electron chi connectivity index (χ4n) is 2.08. The van der Waals surface area contributed by atoms with Crippen LogP contribution in [-0.4, -0.2) is 34.6 Å². The van der Waals surface area contributed by atoms with E-state index in [1.54, 1.807) is 24.3 Å². The van der Waals surface area contributed by atoms with Crippen molar-refractivity contribution in [2.45, 2.75) is 32.2 Å². The van der Waals surface area contributed by atoms with E-state index in [4.69, 9.17) is 5.11 Å². The van der Waals surface area contributed by atoms with Crippen molar-refractivity contribution in [2.24, 2.45) is 0 Å². The summed E-state index contributed by atoms with van der Waals surface area (Å²) in [6, 6.07) is 7.21. The van der Waals surface area contributed by atoms with Crippen molar-refractivity contribution in [3.63, 3.8) is 0 Å². The molecule has 1 saturated carbocycles. The monoisotopic (exact) mass is 262 g/mol. The Bertz CT molecular complexity index is 483. The molecule has 1 aromatic rings. The Morgan fingerprint density at radius 3 is 2.74 bits per heavy atom. The molecule has 5 heteroatoms. The number of amides is 2. The quantitative estimate of drug-likeness (QED) is 0.855. The van der Waals surface area contributed by atoms with E-state index < -0.39 is 5.97 Å². The summed E-state index contributed by atoms with van der Waals surface area (Å²) in [5, 5.41) is 11.6. The zero-order chi connectivity index (χ0) is 13.8. The third-order valence-electron chi connectivity index (χ3n) is 3.12. The third kappa shape index (κ3) is 3.71. The third-order valence-corrected chi connectivity index (χ3v) is 3.12. The van der Waals surface area contributed by atoms with Crippen LogP contribution in [0.25, 0.3) is 0 Å². The van der Waals surface area contributed by atoms with Crippen LogP contribution in [0.15, 0.2) is 24.3 Å². The minimum Gasteiger partial charge on any atom is -0.481 e. The predicted molar refractivity (Wildman–Crippen MR) is 72.2 cm³/mol. The summed E-state index contributed by atoms with van der Waals surface area (Å²) in [6.45, 7) is 2.64. The molecular weight excluding hydrogens is 244 g/mol. The van der Waals surface area contributed by atoms with Gasteiger partial charge in [0.05, 0.1) is 6.42 Å². The van der Waals surface area contributed by atoms with Crippen molar-refractivity contribution in [1.82, 2.24) is 4.90 Å². The molecule has 0 heterocycles. The predicted octanol–water partition coefficient (Wildman–Crippen LogP) is 2.33. The van der Waals surface area contributed by atoms with Crippen molar-refractivity contribution in [3.8, 4) is 0 Å². The fourth-order valence-corrected chi connectivity index (χ4v) is 2.08. The fraction of sp³-hybridized carbons (Fsp3) is 0.429. The van der Waals surface area contributed by atoms with E-state index in [0.29, 0.717) is 23.8 Å². The Labute approximate surface area is 112 Å². The van der Waals surface area contributed by atoms with Crippen molar-refractivity contribution in [3.05, 3.63) is 29.8 Å². The maximum absolute atomic E-state index is 12.1. The largest absolute Gasteiger partial charge is 0.481 e. The van der Waals surface area contributed by atoms with Gasteiger partial charge in [0.2, 0.25) is 0 Å². The van der Waals surface area contributed by atoms with Gasteiger partial charge in [0.25, 0.3) is 0 Å². The average Bonchev–Trinajstić information content (AvgIpc) is 3.14. The number of hydrogen-bond acceptors (Lipinski definition) is 2. The van der Waals surface area contributed by atoms with Crippen molar-refractivity contribution < 1.29 is 14.7 Å². The summed E-state index contributed by atoms with van der Waals surface area (Å²) in [5.41, 5.74) is 1.32. The molecule has 1 aliphatic rings. The molecule has 102 valence electrons. The van der Waals surface area contributed by atoms with Gasteiger partial charge in [-0.05, 0) is 37.5 Å². The summed E-state index contributed by atoms with van der Waals surface area (Å²) in [6.07, 6.45) is 2.10. The average molecular weight is 262 g/mol. The number of nitrogens with zero attached hydrogens (tertiary/aromatic N) is 1. The van der Waals surface area contributed by atoms with Gasteiger partial charge >= 0.3 is 12.0 Å². The number of urea groups is 1. The smallest absolute Gasteiger partial charge is 0.322 e. The zero-order valence-electron chi connectivity index (χ0n) is 10.9. The molecule has 5 nitrogen and oxygen atoms in total. The molecule has 0 saturated heterocycles. The van der Waals surface area contributed by atoms with Gasteiger partial charge in [-0.2, -0.15) is 0 Å². The van der Waals surface area contributed by atoms with Crippen molar-refractivity contribution in [1.29, 1.82) is 0 Å². The molecule has 1 aliphatic carbocycles. The second kappa shape index (κ2) is 5.73. The first-order valence-corrected chi connectivity index (χ1v) is 6.48. The van der Waals surface area contributed by atoms with E-state index >= 15 is 0 Å². The number of carbonyl (C=O) groups excluding carboxylic acids is 1. The highest BCUT2D eigenvalue weighted by Crippen LogP contribution is 2.27. The van der Waals surface area contributed by atoms with Gasteiger partial charge in [0.15, 0.2) is 0 Å². The number of carboxylic acid groups (broad SMARTS) is 1. The molecule has 19 heavy (non-hydrogen) atoms. The molecule has 0 atom stereocenters. The molecule has 0 aromatic heterocycles. The molecule has 2 rings (SSSR count). The van der Waals surface area contributed by atoms with Gasteiger partial charge in [-0.15, -0.1) is 0 Å². The summed E-state index contributed by atoms with van der Waals surface area (Å²) >= 11 is 0. The second-order valence-electron chi connectivity index (χ2n) is 4.72. The van der Waals surface area contributed by atoms with Crippen LogP contribution >= 0.6 is 0 Å². The van der Waals surface area contributed by atoms with Gasteiger partial charge in [-0.25, -0.2) is 4.79 Å². The molecule has 2 N–H and O–H groups in total. The molecule has 0 aliphatic heterocycles. The summed E-state index contributed by atoms with van der Waals surface area (Å²) in [4.78, 5) is 24.5. The first-order valence-electron chi connectivity index (χ1n) is 6.48. The van der Waals surface area contributed by atoms with Crippen LogP contribution in [-0.2, 0) is 11.2 Å². The molecule has 1 aromatic carbocycles. The van der Waals surface area contributed by atoms with Gasteiger partial charge in [-0.1, -0.05) is 12.1 Å². The minimum absolute atomic E-state index is 0.0379. The normalized spacial score (nSPS) is 13.9. The lowest BCUT2D eigenvalue weighted by atomic mass is 10.1. The number of benzene rings is 1. The molecule has 2 amide bonds. The maximum Gasteiger partial charge on any atom is 0.322 e. The van der Waals surface area contributed by atoms with Gasteiger partial charge in [0, 0.05) is 18.3 Å². The molecular formula is C14H18N2O3. The summed E-state index contributed by atoms with van der Waals surface area (Å²) < 4.78 is 0. The van der Waals surface area contributed by atoms with Crippen LogP contribution in [0.3, 0.4) is 0 Å². The van der Waals surface area contributed by atoms with Crippen LogP contribution in [0.4, 0.5) is 10.5 Å². The van der Waals surface area contributed by atoms with Crippen LogP contribution in [0.5, 0.6) is 0 Å². The summed E-state index contributed by atoms with van der Waals surface area (Å²) in [5.74, 6) is -0.878. The number of hydrogen-bond donors (Lipinski definition) is 2. The molecule has 0 unspecified atom stereocenters. The van der Waals surface area contributed by atoms with Gasteiger partial charge in [0.1, 0.15) is 0 Å². The Balaban J connectivity index is 2.01. The van der Waals surface area contributed by atoms with Crippen molar-refractivity contribution in [2.75, 3.05) is 11.9 Å². The first-order chi connectivity index (χ1) is 9.10. The van der Waals surface area contributed by atoms with Crippen LogP contribution in [0, 0.1) is 0 Å². The highest BCUT2D eigenvalue weighted by atomic mass is 16.4. The summed E-state index contributed by atoms with van der Waals surface area (Å²) in [7, 11) is 0. The van der Waals surface area contributed by atoms with Gasteiger partial charge in [-0.3, -0.25) is 4.79 Å². The lowest BCUT2D eigenvalue weighted by molar-refractivity contribution is -0.136. The zero-order valence-corrected chi connectivity index (χ0v) is 10.9. The van der Waals surface area contributed by atoms with E-state index in [2.05, 4.69) is 5.32 Å². The molecule has 0 radical (unpaired) electrons. The van der Waals surface area contributed by atoms with Crippen LogP contribution in [0.2, 0.25) is 0 Å². The molecule has 0 spiro atoms. The van der Waals surface area contributed by atoms with E-state index in [1.807, 2.05) is 11.8 Å². The topological polar surface area (TPSA) is 69.6 Å². The van der Waals surface area contributed by atoms with E-state index in [-0.39, 0.29) is 12.5 Å². The Hall–Kier alpha value is -2.04. The SMILES string of the molecule is CCN(C(=O)Nc1cccc(CC(=O)O)c1)C1CC1. The number of aliphatic carboxylic acids is 1. The highest BCUT2D eigenvalue weighted by molar-refractivity contribution is 5.90. The Morgan fingerprint density at radius 1 is 1.42 bits per heavy atom. The number of nitrogens with one attached hydrogen (secondary N) is 1. The second-order valence-corrected chi connectivity index (χ2v) is 4.72. The van der Waals surface area contributed by atoms with E-state index in [1.165, 1.54) is 0 Å². The molecule has 1 fully saturated rings. The Morgan fingerprint density at radius 2 is 2.16 bits per heavy atom.